The van der Waals surface area contributed by atoms with Crippen LogP contribution in [0.4, 0.5) is 4.79 Å². The molecule has 0 heterocycles. The molecule has 0 aliphatic heterocycles. The van der Waals surface area contributed by atoms with Crippen LogP contribution >= 0.6 is 0 Å². The molecule has 4 atom stereocenters. The maximum atomic E-state index is 12.0. The molecule has 7 heteroatoms. The smallest absolute Gasteiger partial charge is 0.410 e. The second-order valence-electron chi connectivity index (χ2n) is 6.22. The highest BCUT2D eigenvalue weighted by molar-refractivity contribution is 5.72. The predicted octanol–water partition coefficient (Wildman–Crippen LogP) is 2.78. The molecular formula is C16H29NO6. The average molecular weight is 331 g/mol. The number of rotatable bonds is 9. The van der Waals surface area contributed by atoms with Gasteiger partial charge in [0.05, 0.1) is 6.42 Å². The van der Waals surface area contributed by atoms with Gasteiger partial charge < -0.3 is 19.9 Å². The van der Waals surface area contributed by atoms with Crippen LogP contribution in [-0.4, -0.2) is 35.5 Å². The first-order valence-electron chi connectivity index (χ1n) is 7.94. The molecule has 0 fully saturated rings. The fourth-order valence-electron chi connectivity index (χ4n) is 2.08. The molecule has 23 heavy (non-hydrogen) atoms. The Morgan fingerprint density at radius 1 is 1.09 bits per heavy atom. The summed E-state index contributed by atoms with van der Waals surface area (Å²) in [6.45, 7) is 10.6. The van der Waals surface area contributed by atoms with E-state index in [-0.39, 0.29) is 24.2 Å². The summed E-state index contributed by atoms with van der Waals surface area (Å²) in [6, 6.07) is -0.555. The van der Waals surface area contributed by atoms with E-state index in [1.54, 1.807) is 13.8 Å². The van der Waals surface area contributed by atoms with Crippen LogP contribution in [0.2, 0.25) is 0 Å². The van der Waals surface area contributed by atoms with Gasteiger partial charge in [0.25, 0.3) is 6.29 Å². The van der Waals surface area contributed by atoms with Crippen LogP contribution in [0, 0.1) is 17.8 Å². The van der Waals surface area contributed by atoms with E-state index in [2.05, 4.69) is 5.32 Å². The molecule has 0 bridgehead atoms. The summed E-state index contributed by atoms with van der Waals surface area (Å²) in [6.07, 6.45) is -1.11. The zero-order valence-corrected chi connectivity index (χ0v) is 14.8. The van der Waals surface area contributed by atoms with Crippen LogP contribution in [0.1, 0.15) is 54.4 Å². The molecule has 0 aliphatic carbocycles. The number of hydrogen-bond acceptors (Lipinski definition) is 5. The van der Waals surface area contributed by atoms with Gasteiger partial charge in [0.15, 0.2) is 0 Å². The van der Waals surface area contributed by atoms with Gasteiger partial charge >= 0.3 is 18.0 Å². The maximum Gasteiger partial charge on any atom is 0.410 e. The lowest BCUT2D eigenvalue weighted by atomic mass is 9.85. The minimum absolute atomic E-state index is 0.0325. The highest BCUT2D eigenvalue weighted by Gasteiger charge is 2.28. The number of nitrogens with one attached hydrogen (secondary N) is 1. The van der Waals surface area contributed by atoms with Crippen molar-refractivity contribution in [2.45, 2.75) is 66.7 Å². The van der Waals surface area contributed by atoms with Crippen molar-refractivity contribution < 1.29 is 29.0 Å². The lowest BCUT2D eigenvalue weighted by molar-refractivity contribution is -0.172. The second kappa shape index (κ2) is 10.1. The third kappa shape index (κ3) is 8.42. The number of carboxylic acid groups (broad SMARTS) is 1. The van der Waals surface area contributed by atoms with Crippen molar-refractivity contribution in [3.63, 3.8) is 0 Å². The number of alkyl carbamates (subject to hydrolysis) is 1. The predicted molar refractivity (Wildman–Crippen MR) is 84.7 cm³/mol. The van der Waals surface area contributed by atoms with Crippen molar-refractivity contribution >= 4 is 18.0 Å². The highest BCUT2D eigenvalue weighted by Crippen LogP contribution is 2.21. The number of hydrogen-bond donors (Lipinski definition) is 2. The molecule has 0 aromatic carbocycles. The highest BCUT2D eigenvalue weighted by atomic mass is 16.7. The van der Waals surface area contributed by atoms with E-state index in [0.29, 0.717) is 0 Å². The van der Waals surface area contributed by atoms with Crippen molar-refractivity contribution in [3.8, 4) is 0 Å². The molecule has 0 rings (SSSR count). The SMILES string of the molecule is CC[C@@H](C)[C@@H](C)[C@@H](CC(=O)O)NC(=O)O[C@H](OC(C)=O)C(C)C. The Kier molecular flexibility index (Phi) is 9.29. The van der Waals surface area contributed by atoms with Crippen LogP contribution < -0.4 is 5.32 Å². The number of carbonyl (C=O) groups is 3. The summed E-state index contributed by atoms with van der Waals surface area (Å²) < 4.78 is 10.0. The van der Waals surface area contributed by atoms with E-state index >= 15 is 0 Å². The molecule has 0 aromatic heterocycles. The molecule has 0 spiro atoms. The van der Waals surface area contributed by atoms with Crippen LogP contribution in [0.15, 0.2) is 0 Å². The Morgan fingerprint density at radius 3 is 2.04 bits per heavy atom. The van der Waals surface area contributed by atoms with Gasteiger partial charge in [0.2, 0.25) is 0 Å². The number of carboxylic acids is 1. The Balaban J connectivity index is 4.86. The lowest BCUT2D eigenvalue weighted by Crippen LogP contribution is -2.45. The first-order chi connectivity index (χ1) is 10.6. The summed E-state index contributed by atoms with van der Waals surface area (Å²) in [7, 11) is 0. The molecule has 134 valence electrons. The summed E-state index contributed by atoms with van der Waals surface area (Å²) in [4.78, 5) is 34.1. The van der Waals surface area contributed by atoms with Gasteiger partial charge in [-0.15, -0.1) is 0 Å². The van der Waals surface area contributed by atoms with Gasteiger partial charge in [0, 0.05) is 18.9 Å². The van der Waals surface area contributed by atoms with Crippen molar-refractivity contribution in [2.75, 3.05) is 0 Å². The molecule has 0 aliphatic rings. The van der Waals surface area contributed by atoms with E-state index in [9.17, 15) is 14.4 Å². The Hall–Kier alpha value is -1.79. The normalized spacial score (nSPS) is 16.1. The molecule has 0 aromatic rings. The van der Waals surface area contributed by atoms with Crippen LogP contribution in [0.3, 0.4) is 0 Å². The van der Waals surface area contributed by atoms with Crippen LogP contribution in [-0.2, 0) is 19.1 Å². The zero-order chi connectivity index (χ0) is 18.2. The molecule has 0 saturated carbocycles. The standard InChI is InChI=1S/C16H29NO6/c1-7-10(4)11(5)13(8-14(19)20)17-16(21)23-15(9(2)3)22-12(6)18/h9-11,13,15H,7-8H2,1-6H3,(H,17,21)(H,19,20)/t10-,11-,13-,15+/m1/s1. The molecule has 7 nitrogen and oxygen atoms in total. The van der Waals surface area contributed by atoms with Crippen molar-refractivity contribution in [1.29, 1.82) is 0 Å². The van der Waals surface area contributed by atoms with Gasteiger partial charge in [-0.3, -0.25) is 9.59 Å². The third-order valence-corrected chi connectivity index (χ3v) is 3.92. The van der Waals surface area contributed by atoms with Crippen LogP contribution in [0.5, 0.6) is 0 Å². The molecule has 0 radical (unpaired) electrons. The molecule has 2 N–H and O–H groups in total. The lowest BCUT2D eigenvalue weighted by Gasteiger charge is -2.29. The van der Waals surface area contributed by atoms with Gasteiger partial charge in [-0.2, -0.15) is 0 Å². The number of amides is 1. The molecule has 0 unspecified atom stereocenters. The van der Waals surface area contributed by atoms with E-state index in [4.69, 9.17) is 14.6 Å². The quantitative estimate of drug-likeness (QED) is 0.497. The monoisotopic (exact) mass is 331 g/mol. The fourth-order valence-corrected chi connectivity index (χ4v) is 2.08. The van der Waals surface area contributed by atoms with E-state index < -0.39 is 30.4 Å². The topological polar surface area (TPSA) is 102 Å². The van der Waals surface area contributed by atoms with Gasteiger partial charge in [-0.05, 0) is 11.8 Å². The number of aliphatic carboxylic acids is 1. The van der Waals surface area contributed by atoms with Gasteiger partial charge in [0.1, 0.15) is 0 Å². The Bertz CT molecular complexity index is 409. The van der Waals surface area contributed by atoms with E-state index in [1.165, 1.54) is 6.92 Å². The van der Waals surface area contributed by atoms with Crippen LogP contribution in [0.25, 0.3) is 0 Å². The molecule has 1 amide bonds. The van der Waals surface area contributed by atoms with Crippen molar-refractivity contribution in [1.82, 2.24) is 5.32 Å². The summed E-state index contributed by atoms with van der Waals surface area (Å²) >= 11 is 0. The Morgan fingerprint density at radius 2 is 1.65 bits per heavy atom. The average Bonchev–Trinajstić information content (AvgIpc) is 2.43. The van der Waals surface area contributed by atoms with E-state index in [1.807, 2.05) is 20.8 Å². The summed E-state index contributed by atoms with van der Waals surface area (Å²) in [5, 5.41) is 11.6. The zero-order valence-electron chi connectivity index (χ0n) is 14.8. The second-order valence-corrected chi connectivity index (χ2v) is 6.22. The minimum atomic E-state index is -1.00. The summed E-state index contributed by atoms with van der Waals surface area (Å²) in [5.41, 5.74) is 0. The van der Waals surface area contributed by atoms with Gasteiger partial charge in [-0.25, -0.2) is 4.79 Å². The largest absolute Gasteiger partial charge is 0.481 e. The number of ether oxygens (including phenoxy) is 2. The third-order valence-electron chi connectivity index (χ3n) is 3.92. The van der Waals surface area contributed by atoms with Gasteiger partial charge in [-0.1, -0.05) is 41.0 Å². The number of esters is 1. The van der Waals surface area contributed by atoms with Crippen molar-refractivity contribution in [3.05, 3.63) is 0 Å². The van der Waals surface area contributed by atoms with E-state index in [0.717, 1.165) is 6.42 Å². The fraction of sp³-hybridized carbons (Fsp3) is 0.812. The summed E-state index contributed by atoms with van der Waals surface area (Å²) in [5.74, 6) is -1.55. The number of carbonyl (C=O) groups excluding carboxylic acids is 2. The first kappa shape index (κ1) is 21.2. The molecule has 0 saturated heterocycles. The van der Waals surface area contributed by atoms with Crippen molar-refractivity contribution in [2.24, 2.45) is 17.8 Å². The maximum absolute atomic E-state index is 12.0. The Labute approximate surface area is 137 Å². The molecular weight excluding hydrogens is 302 g/mol. The minimum Gasteiger partial charge on any atom is -0.481 e. The first-order valence-corrected chi connectivity index (χ1v) is 7.94.